The summed E-state index contributed by atoms with van der Waals surface area (Å²) in [6, 6.07) is 1.46. The van der Waals surface area contributed by atoms with Gasteiger partial charge in [0.05, 0.1) is 25.4 Å². The highest BCUT2D eigenvalue weighted by atomic mass is 16.5. The molecule has 0 aliphatic carbocycles. The molecule has 27 heavy (non-hydrogen) atoms. The molecule has 0 amide bonds. The fourth-order valence-corrected chi connectivity index (χ4v) is 3.54. The molecule has 0 spiro atoms. The lowest BCUT2D eigenvalue weighted by Gasteiger charge is -2.35. The second-order valence-electron chi connectivity index (χ2n) is 6.55. The minimum Gasteiger partial charge on any atom is -0.504 e. The van der Waals surface area contributed by atoms with Gasteiger partial charge in [0.1, 0.15) is 0 Å². The number of likely N-dealkylation sites (N-methyl/N-ethyl adjacent to an activating group) is 1. The predicted molar refractivity (Wildman–Crippen MR) is 103 cm³/mol. The maximum atomic E-state index is 10.3. The molecule has 2 N–H and O–H groups in total. The van der Waals surface area contributed by atoms with Crippen molar-refractivity contribution in [2.75, 3.05) is 34.9 Å². The Morgan fingerprint density at radius 2 is 1.81 bits per heavy atom. The molecule has 2 aromatic rings. The lowest BCUT2D eigenvalue weighted by atomic mass is 9.88. The lowest BCUT2D eigenvalue weighted by molar-refractivity contribution is 0.218. The molecule has 0 fully saturated rings. The van der Waals surface area contributed by atoms with E-state index in [-0.39, 0.29) is 52.9 Å². The summed E-state index contributed by atoms with van der Waals surface area (Å²) in [5.74, 6) is -0.207. The van der Waals surface area contributed by atoms with E-state index in [0.29, 0.717) is 18.4 Å². The first-order valence-corrected chi connectivity index (χ1v) is 8.79. The van der Waals surface area contributed by atoms with Gasteiger partial charge in [0.25, 0.3) is 0 Å². The molecule has 6 heteroatoms. The van der Waals surface area contributed by atoms with Crippen LogP contribution in [0.5, 0.6) is 28.7 Å². The van der Waals surface area contributed by atoms with Crippen molar-refractivity contribution in [1.82, 2.24) is 4.90 Å². The Kier molecular flexibility index (Phi) is 4.56. The number of fused-ring (bicyclic) bond motifs is 1. The Bertz CT molecular complexity index is 967. The smallest absolute Gasteiger partial charge is 0.203 e. The molecular formula is C21H27NO5. The third-order valence-corrected chi connectivity index (χ3v) is 4.99. The van der Waals surface area contributed by atoms with Crippen LogP contribution in [0.1, 0.15) is 33.3 Å². The highest BCUT2D eigenvalue weighted by Crippen LogP contribution is 2.41. The summed E-state index contributed by atoms with van der Waals surface area (Å²) in [6.07, 6.45) is 1.54. The summed E-state index contributed by atoms with van der Waals surface area (Å²) in [5, 5.41) is 20.7. The first kappa shape index (κ1) is 15.5. The molecule has 146 valence electrons. The van der Waals surface area contributed by atoms with Crippen LogP contribution in [0.4, 0.5) is 0 Å². The second-order valence-corrected chi connectivity index (χ2v) is 6.55. The number of aromatic hydroxyl groups is 2. The third kappa shape index (κ3) is 3.76. The number of hydrogen-bond acceptors (Lipinski definition) is 6. The first-order chi connectivity index (χ1) is 14.3. The van der Waals surface area contributed by atoms with Crippen molar-refractivity contribution in [1.29, 1.82) is 0 Å². The SMILES string of the molecule is [3H]c1c(O)c(OC)c(OC)c([3H])c1CCC1c2c(cc(OC)c(O)c2[3H])CCN1C. The summed E-state index contributed by atoms with van der Waals surface area (Å²) in [4.78, 5) is 2.10. The fourth-order valence-electron chi connectivity index (χ4n) is 3.54. The van der Waals surface area contributed by atoms with Crippen LogP contribution in [0.15, 0.2) is 24.2 Å². The van der Waals surface area contributed by atoms with Gasteiger partial charge in [-0.2, -0.15) is 0 Å². The zero-order valence-corrected chi connectivity index (χ0v) is 16.0. The molecule has 6 nitrogen and oxygen atoms in total. The Balaban J connectivity index is 2.00. The summed E-state index contributed by atoms with van der Waals surface area (Å²) in [6.45, 7) is 0.768. The van der Waals surface area contributed by atoms with E-state index in [4.69, 9.17) is 18.3 Å². The molecule has 1 aliphatic heterocycles. The number of benzene rings is 2. The average molecular weight is 379 g/mol. The van der Waals surface area contributed by atoms with Crippen molar-refractivity contribution in [3.05, 3.63) is 40.9 Å². The van der Waals surface area contributed by atoms with Crippen molar-refractivity contribution in [2.24, 2.45) is 0 Å². The van der Waals surface area contributed by atoms with E-state index in [1.807, 2.05) is 7.05 Å². The van der Waals surface area contributed by atoms with Gasteiger partial charge in [-0.25, -0.2) is 0 Å². The standard InChI is InChI=1S/C21H27NO5/c1-22-8-7-14-11-19(25-2)17(23)12-15(14)16(22)6-5-13-9-18(24)21(27-4)20(10-13)26-3/h9-12,16,23-24H,5-8H2,1-4H3/i9T,10T,12T. The molecule has 2 aromatic carbocycles. The largest absolute Gasteiger partial charge is 0.504 e. The van der Waals surface area contributed by atoms with Crippen molar-refractivity contribution in [3.63, 3.8) is 0 Å². The molecule has 0 aromatic heterocycles. The topological polar surface area (TPSA) is 71.4 Å². The van der Waals surface area contributed by atoms with Crippen molar-refractivity contribution in [2.45, 2.75) is 25.3 Å². The zero-order valence-electron chi connectivity index (χ0n) is 19.0. The maximum absolute atomic E-state index is 10.3. The molecule has 0 bridgehead atoms. The molecule has 0 radical (unpaired) electrons. The molecule has 1 heterocycles. The van der Waals surface area contributed by atoms with E-state index in [0.717, 1.165) is 24.1 Å². The van der Waals surface area contributed by atoms with Crippen LogP contribution in [0.25, 0.3) is 0 Å². The number of rotatable bonds is 6. The van der Waals surface area contributed by atoms with Crippen LogP contribution >= 0.6 is 0 Å². The highest BCUT2D eigenvalue weighted by molar-refractivity contribution is 5.53. The number of methoxy groups -OCH3 is 3. The molecular weight excluding hydrogens is 346 g/mol. The third-order valence-electron chi connectivity index (χ3n) is 4.99. The molecule has 0 saturated heterocycles. The first-order valence-electron chi connectivity index (χ1n) is 10.3. The highest BCUT2D eigenvalue weighted by Gasteiger charge is 2.26. The number of phenolic OH excluding ortho intramolecular Hbond substituents is 2. The van der Waals surface area contributed by atoms with Gasteiger partial charge >= 0.3 is 0 Å². The quantitative estimate of drug-likeness (QED) is 0.803. The van der Waals surface area contributed by atoms with E-state index in [9.17, 15) is 10.2 Å². The lowest BCUT2D eigenvalue weighted by Crippen LogP contribution is -2.32. The van der Waals surface area contributed by atoms with E-state index in [1.165, 1.54) is 21.3 Å². The van der Waals surface area contributed by atoms with Crippen LogP contribution in [-0.2, 0) is 12.8 Å². The van der Waals surface area contributed by atoms with Gasteiger partial charge in [0.2, 0.25) is 5.75 Å². The summed E-state index contributed by atoms with van der Waals surface area (Å²) < 4.78 is 40.7. The van der Waals surface area contributed by atoms with Gasteiger partial charge in [-0.05, 0) is 67.2 Å². The Morgan fingerprint density at radius 1 is 1.07 bits per heavy atom. The summed E-state index contributed by atoms with van der Waals surface area (Å²) in [5.41, 5.74) is 2.02. The van der Waals surface area contributed by atoms with Crippen molar-refractivity contribution < 1.29 is 28.5 Å². The average Bonchev–Trinajstić information content (AvgIpc) is 2.74. The number of nitrogens with zero attached hydrogens (tertiary/aromatic N) is 1. The molecule has 1 aliphatic rings. The van der Waals surface area contributed by atoms with Gasteiger partial charge < -0.3 is 24.4 Å². The van der Waals surface area contributed by atoms with E-state index in [2.05, 4.69) is 4.90 Å². The number of ether oxygens (including phenoxy) is 3. The van der Waals surface area contributed by atoms with Crippen molar-refractivity contribution >= 4 is 0 Å². The summed E-state index contributed by atoms with van der Waals surface area (Å²) in [7, 11) is 6.14. The minimum atomic E-state index is -0.360. The van der Waals surface area contributed by atoms with E-state index >= 15 is 0 Å². The van der Waals surface area contributed by atoms with Gasteiger partial charge in [0.15, 0.2) is 23.0 Å². The predicted octanol–water partition coefficient (Wildman–Crippen LogP) is 3.29. The minimum absolute atomic E-state index is 0.000453. The normalized spacial score (nSPS) is 18.2. The summed E-state index contributed by atoms with van der Waals surface area (Å²) >= 11 is 0. The van der Waals surface area contributed by atoms with Gasteiger partial charge in [0, 0.05) is 12.6 Å². The fraction of sp³-hybridized carbons (Fsp3) is 0.429. The second kappa shape index (κ2) is 7.96. The van der Waals surface area contributed by atoms with E-state index in [1.54, 1.807) is 6.07 Å². The monoisotopic (exact) mass is 379 g/mol. The van der Waals surface area contributed by atoms with Gasteiger partial charge in [-0.1, -0.05) is 0 Å². The van der Waals surface area contributed by atoms with Gasteiger partial charge in [-0.15, -0.1) is 0 Å². The molecule has 1 unspecified atom stereocenters. The molecule has 0 saturated carbocycles. The zero-order chi connectivity index (χ0) is 22.2. The Labute approximate surface area is 164 Å². The van der Waals surface area contributed by atoms with Crippen LogP contribution in [-0.4, -0.2) is 50.0 Å². The van der Waals surface area contributed by atoms with E-state index < -0.39 is 0 Å². The van der Waals surface area contributed by atoms with Crippen molar-refractivity contribution in [3.8, 4) is 28.7 Å². The van der Waals surface area contributed by atoms with Crippen LogP contribution in [0.2, 0.25) is 0 Å². The Morgan fingerprint density at radius 3 is 2.48 bits per heavy atom. The molecule has 1 atom stereocenters. The van der Waals surface area contributed by atoms with Crippen LogP contribution in [0.3, 0.4) is 0 Å². The molecule has 3 rings (SSSR count). The van der Waals surface area contributed by atoms with Crippen LogP contribution in [0, 0.1) is 0 Å². The number of hydrogen-bond donors (Lipinski definition) is 2. The van der Waals surface area contributed by atoms with Gasteiger partial charge in [-0.3, -0.25) is 4.90 Å². The number of phenols is 2. The maximum Gasteiger partial charge on any atom is 0.203 e. The van der Waals surface area contributed by atoms with Crippen LogP contribution < -0.4 is 14.2 Å². The Hall–Kier alpha value is -2.60.